The Hall–Kier alpha value is -3.36. The number of rotatable bonds is 10. The molecule has 3 aromatic rings. The van der Waals surface area contributed by atoms with Gasteiger partial charge in [-0.05, 0) is 86.7 Å². The van der Waals surface area contributed by atoms with Crippen LogP contribution in [0.1, 0.15) is 49.3 Å². The van der Waals surface area contributed by atoms with Gasteiger partial charge in [0.05, 0.1) is 10.6 Å². The third-order valence-electron chi connectivity index (χ3n) is 7.52. The second kappa shape index (κ2) is 12.9. The summed E-state index contributed by atoms with van der Waals surface area (Å²) in [7, 11) is -4.09. The lowest BCUT2D eigenvalue weighted by Crippen LogP contribution is -2.52. The molecule has 0 radical (unpaired) electrons. The van der Waals surface area contributed by atoms with Gasteiger partial charge in [-0.15, -0.1) is 0 Å². The first kappa shape index (κ1) is 29.6. The number of amides is 2. The number of hydrogen-bond donors (Lipinski definition) is 1. The monoisotopic (exact) mass is 581 g/mol. The number of benzene rings is 3. The van der Waals surface area contributed by atoms with E-state index in [1.54, 1.807) is 61.5 Å². The first-order valence-electron chi connectivity index (χ1n) is 13.6. The zero-order chi connectivity index (χ0) is 28.9. The molecule has 3 aromatic carbocycles. The van der Waals surface area contributed by atoms with Crippen LogP contribution < -0.4 is 9.62 Å². The Bertz CT molecular complexity index is 1440. The van der Waals surface area contributed by atoms with Crippen molar-refractivity contribution in [3.8, 4) is 0 Å². The average Bonchev–Trinajstić information content (AvgIpc) is 3.46. The third kappa shape index (κ3) is 7.04. The van der Waals surface area contributed by atoms with Crippen molar-refractivity contribution in [3.63, 3.8) is 0 Å². The van der Waals surface area contributed by atoms with Crippen molar-refractivity contribution in [1.82, 2.24) is 10.2 Å². The second-order valence-electron chi connectivity index (χ2n) is 10.4. The van der Waals surface area contributed by atoms with Gasteiger partial charge in [-0.25, -0.2) is 8.42 Å². The molecule has 2 amide bonds. The maximum Gasteiger partial charge on any atom is 0.264 e. The number of halogens is 1. The molecule has 7 nitrogen and oxygen atoms in total. The van der Waals surface area contributed by atoms with E-state index >= 15 is 0 Å². The number of aryl methyl sites for hydroxylation is 2. The fourth-order valence-corrected chi connectivity index (χ4v) is 6.44. The SMILES string of the molecule is Cc1ccc(N(CC(=O)N(Cc2ccc(Cl)cc2)[C@@H](C)C(=O)NC2CCCC2)S(=O)(=O)c2ccccc2)cc1C. The summed E-state index contributed by atoms with van der Waals surface area (Å²) in [5, 5.41) is 3.64. The standard InChI is InChI=1S/C31H36ClN3O4S/c1-22-13-18-28(19-23(22)2)35(40(38,39)29-11-5-4-6-12-29)21-30(36)34(20-25-14-16-26(32)17-15-25)24(3)31(37)33-27-9-7-8-10-27/h4-6,11-19,24,27H,7-10,20-21H2,1-3H3,(H,33,37)/t24-/m0/s1. The van der Waals surface area contributed by atoms with E-state index in [1.165, 1.54) is 17.0 Å². The van der Waals surface area contributed by atoms with Gasteiger partial charge in [-0.3, -0.25) is 13.9 Å². The zero-order valence-electron chi connectivity index (χ0n) is 23.1. The summed E-state index contributed by atoms with van der Waals surface area (Å²) in [4.78, 5) is 28.8. The van der Waals surface area contributed by atoms with Crippen LogP contribution in [0.4, 0.5) is 5.69 Å². The Balaban J connectivity index is 1.69. The van der Waals surface area contributed by atoms with Gasteiger partial charge in [0.2, 0.25) is 11.8 Å². The van der Waals surface area contributed by atoms with Crippen molar-refractivity contribution in [1.29, 1.82) is 0 Å². The van der Waals surface area contributed by atoms with E-state index in [0.29, 0.717) is 10.7 Å². The summed E-state index contributed by atoms with van der Waals surface area (Å²) < 4.78 is 28.9. The molecule has 9 heteroatoms. The molecule has 0 aliphatic heterocycles. The predicted molar refractivity (Wildman–Crippen MR) is 159 cm³/mol. The predicted octanol–water partition coefficient (Wildman–Crippen LogP) is 5.63. The van der Waals surface area contributed by atoms with Gasteiger partial charge >= 0.3 is 0 Å². The van der Waals surface area contributed by atoms with Crippen LogP contribution in [0.5, 0.6) is 0 Å². The molecule has 0 saturated heterocycles. The van der Waals surface area contributed by atoms with Crippen molar-refractivity contribution in [3.05, 3.63) is 94.5 Å². The van der Waals surface area contributed by atoms with Crippen molar-refractivity contribution in [2.45, 2.75) is 70.0 Å². The third-order valence-corrected chi connectivity index (χ3v) is 9.56. The lowest BCUT2D eigenvalue weighted by Gasteiger charge is -2.32. The minimum absolute atomic E-state index is 0.0808. The highest BCUT2D eigenvalue weighted by atomic mass is 35.5. The molecule has 1 aliphatic carbocycles. The largest absolute Gasteiger partial charge is 0.352 e. The summed E-state index contributed by atoms with van der Waals surface area (Å²) in [5.74, 6) is -0.736. The van der Waals surface area contributed by atoms with Crippen LogP contribution in [0.15, 0.2) is 77.7 Å². The summed E-state index contributed by atoms with van der Waals surface area (Å²) >= 11 is 6.07. The molecule has 0 aromatic heterocycles. The molecule has 1 saturated carbocycles. The van der Waals surface area contributed by atoms with E-state index < -0.39 is 28.5 Å². The molecular formula is C31H36ClN3O4S. The Labute approximate surface area is 242 Å². The quantitative estimate of drug-likeness (QED) is 0.336. The molecule has 0 spiro atoms. The van der Waals surface area contributed by atoms with Gasteiger partial charge in [-0.1, -0.05) is 60.8 Å². The Morgan fingerprint density at radius 3 is 2.23 bits per heavy atom. The van der Waals surface area contributed by atoms with E-state index in [9.17, 15) is 18.0 Å². The van der Waals surface area contributed by atoms with E-state index in [4.69, 9.17) is 11.6 Å². The lowest BCUT2D eigenvalue weighted by atomic mass is 10.1. The molecule has 1 aliphatic rings. The number of nitrogens with zero attached hydrogens (tertiary/aromatic N) is 2. The average molecular weight is 582 g/mol. The van der Waals surface area contributed by atoms with Crippen molar-refractivity contribution in [2.75, 3.05) is 10.8 Å². The van der Waals surface area contributed by atoms with Crippen molar-refractivity contribution in [2.24, 2.45) is 0 Å². The van der Waals surface area contributed by atoms with Gasteiger partial charge in [0, 0.05) is 17.6 Å². The molecular weight excluding hydrogens is 546 g/mol. The number of nitrogens with one attached hydrogen (secondary N) is 1. The van der Waals surface area contributed by atoms with Gasteiger partial charge in [0.15, 0.2) is 0 Å². The van der Waals surface area contributed by atoms with Gasteiger partial charge in [0.25, 0.3) is 10.0 Å². The molecule has 0 unspecified atom stereocenters. The van der Waals surface area contributed by atoms with Crippen LogP contribution >= 0.6 is 11.6 Å². The fraction of sp³-hybridized carbons (Fsp3) is 0.355. The Morgan fingerprint density at radius 2 is 1.60 bits per heavy atom. The van der Waals surface area contributed by atoms with E-state index in [-0.39, 0.29) is 23.4 Å². The van der Waals surface area contributed by atoms with Crippen molar-refractivity contribution < 1.29 is 18.0 Å². The fourth-order valence-electron chi connectivity index (χ4n) is 4.89. The van der Waals surface area contributed by atoms with Crippen LogP contribution in [0.3, 0.4) is 0 Å². The highest BCUT2D eigenvalue weighted by Crippen LogP contribution is 2.27. The molecule has 1 fully saturated rings. The van der Waals surface area contributed by atoms with Crippen LogP contribution in [-0.2, 0) is 26.2 Å². The van der Waals surface area contributed by atoms with Crippen molar-refractivity contribution >= 4 is 39.1 Å². The second-order valence-corrected chi connectivity index (χ2v) is 12.7. The van der Waals surface area contributed by atoms with Crippen LogP contribution in [0.25, 0.3) is 0 Å². The number of carbonyl (C=O) groups is 2. The summed E-state index contributed by atoms with van der Waals surface area (Å²) in [6, 6.07) is 19.7. The Morgan fingerprint density at radius 1 is 0.950 bits per heavy atom. The zero-order valence-corrected chi connectivity index (χ0v) is 24.7. The number of hydrogen-bond acceptors (Lipinski definition) is 4. The van der Waals surface area contributed by atoms with Crippen LogP contribution in [0, 0.1) is 13.8 Å². The normalized spacial score (nSPS) is 14.5. The van der Waals surface area contributed by atoms with Gasteiger partial charge < -0.3 is 10.2 Å². The highest BCUT2D eigenvalue weighted by molar-refractivity contribution is 7.92. The van der Waals surface area contributed by atoms with E-state index in [2.05, 4.69) is 5.32 Å². The molecule has 1 N–H and O–H groups in total. The lowest BCUT2D eigenvalue weighted by molar-refractivity contribution is -0.139. The van der Waals surface area contributed by atoms with E-state index in [1.807, 2.05) is 19.9 Å². The summed E-state index contributed by atoms with van der Waals surface area (Å²) in [6.45, 7) is 5.19. The van der Waals surface area contributed by atoms with Gasteiger partial charge in [0.1, 0.15) is 12.6 Å². The van der Waals surface area contributed by atoms with Gasteiger partial charge in [-0.2, -0.15) is 0 Å². The number of anilines is 1. The first-order valence-corrected chi connectivity index (χ1v) is 15.4. The topological polar surface area (TPSA) is 86.8 Å². The maximum absolute atomic E-state index is 14.0. The molecule has 212 valence electrons. The molecule has 0 heterocycles. The van der Waals surface area contributed by atoms with Crippen LogP contribution in [-0.4, -0.2) is 43.8 Å². The summed E-state index contributed by atoms with van der Waals surface area (Å²) in [6.07, 6.45) is 3.96. The maximum atomic E-state index is 14.0. The van der Waals surface area contributed by atoms with Crippen LogP contribution in [0.2, 0.25) is 5.02 Å². The first-order chi connectivity index (χ1) is 19.1. The Kier molecular flexibility index (Phi) is 9.53. The molecule has 0 bridgehead atoms. The summed E-state index contributed by atoms with van der Waals surface area (Å²) in [5.41, 5.74) is 3.07. The highest BCUT2D eigenvalue weighted by Gasteiger charge is 2.33. The minimum atomic E-state index is -4.09. The van der Waals surface area contributed by atoms with E-state index in [0.717, 1.165) is 46.7 Å². The molecule has 4 rings (SSSR count). The molecule has 1 atom stereocenters. The smallest absolute Gasteiger partial charge is 0.264 e. The molecule has 40 heavy (non-hydrogen) atoms. The number of carbonyl (C=O) groups excluding carboxylic acids is 2. The number of sulfonamides is 1. The minimum Gasteiger partial charge on any atom is -0.352 e.